The van der Waals surface area contributed by atoms with E-state index in [2.05, 4.69) is 15.5 Å². The smallest absolute Gasteiger partial charge is 0.322 e. The minimum absolute atomic E-state index is 0.288. The maximum atomic E-state index is 11.9. The number of urea groups is 1. The van der Waals surface area contributed by atoms with Gasteiger partial charge in [0.05, 0.1) is 6.54 Å². The van der Waals surface area contributed by atoms with Crippen LogP contribution in [0.5, 0.6) is 0 Å². The molecule has 1 heterocycles. The molecule has 1 N–H and O–H groups in total. The Morgan fingerprint density at radius 2 is 2.50 bits per heavy atom. The molecule has 5 nitrogen and oxygen atoms in total. The number of alkyl halides is 2. The second kappa shape index (κ2) is 4.80. The van der Waals surface area contributed by atoms with Crippen molar-refractivity contribution in [2.45, 2.75) is 6.43 Å². The lowest BCUT2D eigenvalue weighted by atomic mass is 10.6. The Bertz CT molecular complexity index is 292. The summed E-state index contributed by atoms with van der Waals surface area (Å²) in [5.74, 6) is 0. The molecule has 8 heteroatoms. The number of nitrogens with zero attached hydrogens (tertiary/aromatic N) is 3. The molecular formula is C6H8F2N4OS. The maximum absolute atomic E-state index is 11.9. The first-order valence-corrected chi connectivity index (χ1v) is 4.54. The van der Waals surface area contributed by atoms with Gasteiger partial charge in [-0.15, -0.1) is 10.2 Å². The third kappa shape index (κ3) is 3.21. The van der Waals surface area contributed by atoms with E-state index in [1.54, 1.807) is 0 Å². The second-order valence-electron chi connectivity index (χ2n) is 2.45. The molecule has 1 aromatic rings. The predicted octanol–water partition coefficient (Wildman–Crippen LogP) is 1.27. The summed E-state index contributed by atoms with van der Waals surface area (Å²) in [6.45, 7) is -0.607. The molecule has 1 aromatic heterocycles. The van der Waals surface area contributed by atoms with Crippen LogP contribution in [-0.4, -0.2) is 41.1 Å². The number of carbonyl (C=O) groups excluding carboxylic acids is 1. The highest BCUT2D eigenvalue weighted by Crippen LogP contribution is 2.08. The van der Waals surface area contributed by atoms with E-state index in [0.717, 1.165) is 16.2 Å². The number of rotatable bonds is 3. The topological polar surface area (TPSA) is 58.1 Å². The molecule has 78 valence electrons. The highest BCUT2D eigenvalue weighted by Gasteiger charge is 2.14. The van der Waals surface area contributed by atoms with Gasteiger partial charge in [-0.3, -0.25) is 5.32 Å². The minimum atomic E-state index is -2.54. The van der Waals surface area contributed by atoms with E-state index in [1.807, 2.05) is 0 Å². The van der Waals surface area contributed by atoms with E-state index in [0.29, 0.717) is 0 Å². The second-order valence-corrected chi connectivity index (χ2v) is 3.28. The van der Waals surface area contributed by atoms with E-state index in [9.17, 15) is 13.6 Å². The van der Waals surface area contributed by atoms with Crippen molar-refractivity contribution in [1.29, 1.82) is 0 Å². The van der Waals surface area contributed by atoms with Gasteiger partial charge in [-0.05, 0) is 0 Å². The van der Waals surface area contributed by atoms with Crippen molar-refractivity contribution < 1.29 is 13.6 Å². The molecule has 0 aromatic carbocycles. The molecule has 0 atom stereocenters. The van der Waals surface area contributed by atoms with Crippen LogP contribution in [0.25, 0.3) is 0 Å². The molecule has 0 bridgehead atoms. The van der Waals surface area contributed by atoms with Gasteiger partial charge in [-0.25, -0.2) is 13.6 Å². The summed E-state index contributed by atoms with van der Waals surface area (Å²) in [6, 6.07) is -0.623. The molecule has 0 unspecified atom stereocenters. The van der Waals surface area contributed by atoms with Crippen molar-refractivity contribution in [3.05, 3.63) is 5.51 Å². The molecular weight excluding hydrogens is 214 g/mol. The number of aromatic nitrogens is 2. The van der Waals surface area contributed by atoms with Gasteiger partial charge >= 0.3 is 6.03 Å². The fourth-order valence-electron chi connectivity index (χ4n) is 0.704. The third-order valence-corrected chi connectivity index (χ3v) is 1.94. The van der Waals surface area contributed by atoms with Crippen molar-refractivity contribution in [2.24, 2.45) is 0 Å². The van der Waals surface area contributed by atoms with E-state index in [4.69, 9.17) is 0 Å². The molecule has 0 aliphatic rings. The molecule has 14 heavy (non-hydrogen) atoms. The zero-order chi connectivity index (χ0) is 10.6. The van der Waals surface area contributed by atoms with Gasteiger partial charge in [0.15, 0.2) is 0 Å². The lowest BCUT2D eigenvalue weighted by Gasteiger charge is -2.15. The fourth-order valence-corrected chi connectivity index (χ4v) is 1.14. The molecule has 0 saturated heterocycles. The van der Waals surface area contributed by atoms with Crippen LogP contribution in [-0.2, 0) is 0 Å². The molecule has 2 amide bonds. The predicted molar refractivity (Wildman–Crippen MR) is 47.6 cm³/mol. The minimum Gasteiger partial charge on any atom is -0.322 e. The van der Waals surface area contributed by atoms with Crippen molar-refractivity contribution in [2.75, 3.05) is 18.9 Å². The lowest BCUT2D eigenvalue weighted by molar-refractivity contribution is 0.111. The molecule has 0 aliphatic carbocycles. The SMILES string of the molecule is CN(CC(F)F)C(=O)Nc1nncs1. The van der Waals surface area contributed by atoms with Gasteiger partial charge in [0, 0.05) is 7.05 Å². The average molecular weight is 222 g/mol. The molecule has 0 saturated carbocycles. The number of amides is 2. The van der Waals surface area contributed by atoms with Crippen molar-refractivity contribution in [3.63, 3.8) is 0 Å². The summed E-state index contributed by atoms with van der Waals surface area (Å²) in [5.41, 5.74) is 1.43. The fraction of sp³-hybridized carbons (Fsp3) is 0.500. The number of hydrogen-bond donors (Lipinski definition) is 1. The Morgan fingerprint density at radius 1 is 1.79 bits per heavy atom. The third-order valence-electron chi connectivity index (χ3n) is 1.33. The molecule has 0 aliphatic heterocycles. The van der Waals surface area contributed by atoms with Gasteiger partial charge in [0.1, 0.15) is 5.51 Å². The summed E-state index contributed by atoms with van der Waals surface area (Å²) in [4.78, 5) is 12.0. The zero-order valence-corrected chi connectivity index (χ0v) is 8.09. The van der Waals surface area contributed by atoms with Crippen LogP contribution < -0.4 is 5.32 Å². The Labute approximate surface area is 82.7 Å². The Hall–Kier alpha value is -1.31. The van der Waals surface area contributed by atoms with Gasteiger partial charge in [-0.2, -0.15) is 0 Å². The van der Waals surface area contributed by atoms with Crippen molar-refractivity contribution >= 4 is 22.5 Å². The number of hydrogen-bond acceptors (Lipinski definition) is 4. The quantitative estimate of drug-likeness (QED) is 0.837. The van der Waals surface area contributed by atoms with Gasteiger partial charge < -0.3 is 4.90 Å². The number of carbonyl (C=O) groups is 1. The number of anilines is 1. The van der Waals surface area contributed by atoms with Crippen LogP contribution in [0.3, 0.4) is 0 Å². The van der Waals surface area contributed by atoms with Crippen LogP contribution >= 0.6 is 11.3 Å². The lowest BCUT2D eigenvalue weighted by Crippen LogP contribution is -2.34. The number of halogens is 2. The summed E-state index contributed by atoms with van der Waals surface area (Å²) < 4.78 is 23.8. The Kier molecular flexibility index (Phi) is 3.69. The first kappa shape index (κ1) is 10.8. The van der Waals surface area contributed by atoms with Crippen LogP contribution in [0.2, 0.25) is 0 Å². The van der Waals surface area contributed by atoms with Crippen molar-refractivity contribution in [1.82, 2.24) is 15.1 Å². The van der Waals surface area contributed by atoms with Gasteiger partial charge in [-0.1, -0.05) is 11.3 Å². The van der Waals surface area contributed by atoms with Gasteiger partial charge in [0.25, 0.3) is 6.43 Å². The summed E-state index contributed by atoms with van der Waals surface area (Å²) >= 11 is 1.12. The monoisotopic (exact) mass is 222 g/mol. The standard InChI is InChI=1S/C6H8F2N4OS/c1-12(2-4(7)8)6(13)10-5-11-9-3-14-5/h3-4H,2H2,1H3,(H,10,11,13). The molecule has 1 rings (SSSR count). The zero-order valence-electron chi connectivity index (χ0n) is 7.28. The van der Waals surface area contributed by atoms with Crippen LogP contribution in [0.15, 0.2) is 5.51 Å². The molecule has 0 fully saturated rings. The van der Waals surface area contributed by atoms with Crippen LogP contribution in [0.1, 0.15) is 0 Å². The largest absolute Gasteiger partial charge is 0.323 e. The maximum Gasteiger partial charge on any atom is 0.323 e. The summed E-state index contributed by atoms with van der Waals surface area (Å²) in [6.07, 6.45) is -2.54. The highest BCUT2D eigenvalue weighted by molar-refractivity contribution is 7.13. The Balaban J connectivity index is 2.42. The van der Waals surface area contributed by atoms with Crippen molar-refractivity contribution in [3.8, 4) is 0 Å². The van der Waals surface area contributed by atoms with E-state index >= 15 is 0 Å². The van der Waals surface area contributed by atoms with E-state index in [-0.39, 0.29) is 5.13 Å². The first-order chi connectivity index (χ1) is 6.59. The first-order valence-electron chi connectivity index (χ1n) is 3.66. The average Bonchev–Trinajstić information content (AvgIpc) is 2.55. The number of nitrogens with one attached hydrogen (secondary N) is 1. The van der Waals surface area contributed by atoms with Crippen LogP contribution in [0.4, 0.5) is 18.7 Å². The summed E-state index contributed by atoms with van der Waals surface area (Å²) in [7, 11) is 1.28. The van der Waals surface area contributed by atoms with Crippen LogP contribution in [0, 0.1) is 0 Å². The molecule has 0 radical (unpaired) electrons. The molecule has 0 spiro atoms. The van der Waals surface area contributed by atoms with Gasteiger partial charge in [0.2, 0.25) is 5.13 Å². The van der Waals surface area contributed by atoms with E-state index in [1.165, 1.54) is 12.6 Å². The highest BCUT2D eigenvalue weighted by atomic mass is 32.1. The summed E-state index contributed by atoms with van der Waals surface area (Å²) in [5, 5.41) is 9.64. The van der Waals surface area contributed by atoms with E-state index < -0.39 is 19.0 Å². The normalized spacial score (nSPS) is 10.3. The Morgan fingerprint density at radius 3 is 3.00 bits per heavy atom.